The number of nitrogens with one attached hydrogen (secondary N) is 5. The van der Waals surface area contributed by atoms with Gasteiger partial charge in [0.2, 0.25) is 23.6 Å². The number of hydrogen-bond acceptors (Lipinski definition) is 10. The van der Waals surface area contributed by atoms with Crippen molar-refractivity contribution >= 4 is 46.5 Å². The molecule has 1 aliphatic carbocycles. The molecule has 15 heteroatoms. The van der Waals surface area contributed by atoms with Crippen molar-refractivity contribution in [1.29, 1.82) is 0 Å². The van der Waals surface area contributed by atoms with Gasteiger partial charge in [0.05, 0.1) is 31.7 Å². The Labute approximate surface area is 352 Å². The number of para-hydroxylation sites is 1. The molecule has 1 aliphatic rings. The normalized spacial score (nSPS) is 16.2. The Bertz CT molecular complexity index is 1880. The number of carbonyl (C=O) groups is 6. The Hall–Kier alpha value is -5.28. The van der Waals surface area contributed by atoms with E-state index in [-0.39, 0.29) is 50.0 Å². The van der Waals surface area contributed by atoms with Gasteiger partial charge in [-0.3, -0.25) is 24.0 Å². The Balaban J connectivity index is 1.42. The first-order chi connectivity index (χ1) is 28.6. The highest BCUT2D eigenvalue weighted by Crippen LogP contribution is 2.22. The fourth-order valence-electron chi connectivity index (χ4n) is 7.52. The first-order valence-corrected chi connectivity index (χ1v) is 21.1. The van der Waals surface area contributed by atoms with Crippen LogP contribution in [0.3, 0.4) is 0 Å². The number of amides is 4. The summed E-state index contributed by atoms with van der Waals surface area (Å²) in [5.74, 6) is -4.08. The summed E-state index contributed by atoms with van der Waals surface area (Å²) in [5.41, 5.74) is 8.87. The predicted octanol–water partition coefficient (Wildman–Crippen LogP) is 3.50. The third kappa shape index (κ3) is 14.8. The highest BCUT2D eigenvalue weighted by Gasteiger charge is 2.33. The van der Waals surface area contributed by atoms with Crippen LogP contribution in [0.1, 0.15) is 96.6 Å². The summed E-state index contributed by atoms with van der Waals surface area (Å²) in [6, 6.07) is 11.5. The maximum absolute atomic E-state index is 13.8. The van der Waals surface area contributed by atoms with Gasteiger partial charge in [-0.05, 0) is 74.0 Å². The predicted molar refractivity (Wildman–Crippen MR) is 227 cm³/mol. The molecular formula is C45H64N6O9. The summed E-state index contributed by atoms with van der Waals surface area (Å²) in [7, 11) is 1.21. The van der Waals surface area contributed by atoms with E-state index in [1.807, 2.05) is 50.4 Å². The number of esters is 2. The van der Waals surface area contributed by atoms with Crippen molar-refractivity contribution in [3.8, 4) is 0 Å². The van der Waals surface area contributed by atoms with E-state index in [0.717, 1.165) is 54.1 Å². The third-order valence-electron chi connectivity index (χ3n) is 10.8. The summed E-state index contributed by atoms with van der Waals surface area (Å²) in [4.78, 5) is 83.3. The van der Waals surface area contributed by atoms with Crippen LogP contribution in [-0.2, 0) is 51.1 Å². The Morgan fingerprint density at radius 2 is 1.50 bits per heavy atom. The Morgan fingerprint density at radius 1 is 0.817 bits per heavy atom. The molecule has 0 radical (unpaired) electrons. The number of methoxy groups -OCH3 is 1. The van der Waals surface area contributed by atoms with E-state index in [0.29, 0.717) is 0 Å². The number of hydrogen-bond donors (Lipinski definition) is 7. The summed E-state index contributed by atoms with van der Waals surface area (Å²) in [6.45, 7) is 7.35. The number of nitrogens with two attached hydrogens (primary N) is 1. The van der Waals surface area contributed by atoms with Crippen molar-refractivity contribution in [3.05, 3.63) is 71.9 Å². The molecule has 2 aromatic carbocycles. The molecule has 1 aromatic heterocycles. The zero-order valence-electron chi connectivity index (χ0n) is 35.5. The summed E-state index contributed by atoms with van der Waals surface area (Å²) in [5, 5.41) is 23.3. The first kappa shape index (κ1) is 47.4. The van der Waals surface area contributed by atoms with Crippen LogP contribution in [0.2, 0.25) is 0 Å². The lowest BCUT2D eigenvalue weighted by atomic mass is 9.95. The molecule has 3 aromatic rings. The Morgan fingerprint density at radius 3 is 2.17 bits per heavy atom. The number of rotatable bonds is 22. The van der Waals surface area contributed by atoms with Gasteiger partial charge in [0, 0.05) is 29.9 Å². The number of H-pyrrole nitrogens is 1. The van der Waals surface area contributed by atoms with Crippen molar-refractivity contribution in [2.45, 2.75) is 141 Å². The van der Waals surface area contributed by atoms with E-state index in [1.54, 1.807) is 38.1 Å². The van der Waals surface area contributed by atoms with Crippen molar-refractivity contribution < 1.29 is 43.3 Å². The van der Waals surface area contributed by atoms with E-state index < -0.39 is 78.3 Å². The van der Waals surface area contributed by atoms with Crippen LogP contribution < -0.4 is 27.0 Å². The van der Waals surface area contributed by atoms with Crippen LogP contribution >= 0.6 is 0 Å². The molecule has 0 saturated heterocycles. The standard InChI is InChI=1S/C45H64N6O9/c1-27(2)22-36(49-44(57)41(28(3)4)51-42(55)33(46)24-30-26-47-34-19-13-12-18-32(30)34)38(52)25-39(53)48-35(20-21-40(54)60-31-16-10-7-11-17-31)43(56)50-37(45(58)59-5)23-29-14-8-6-9-15-29/h6,8-9,12-15,18-19,26-28,31,33,35-38,41,47,52H,7,10-11,16-17,20-25,46H2,1-5H3,(H,48,53)(H,49,57)(H,50,56)(H,51,55)/t33-,35-,36-,37-,38-,41-/m0/s1. The lowest BCUT2D eigenvalue weighted by Crippen LogP contribution is -2.57. The molecule has 0 bridgehead atoms. The van der Waals surface area contributed by atoms with Crippen LogP contribution in [0, 0.1) is 11.8 Å². The Kier molecular flexibility index (Phi) is 18.6. The molecule has 60 heavy (non-hydrogen) atoms. The molecule has 0 unspecified atom stereocenters. The van der Waals surface area contributed by atoms with Crippen LogP contribution in [0.5, 0.6) is 0 Å². The fraction of sp³-hybridized carbons (Fsp3) is 0.556. The lowest BCUT2D eigenvalue weighted by Gasteiger charge is -2.30. The molecule has 0 spiro atoms. The zero-order chi connectivity index (χ0) is 43.8. The molecular weight excluding hydrogens is 769 g/mol. The van der Waals surface area contributed by atoms with Gasteiger partial charge in [0.25, 0.3) is 0 Å². The number of aromatic nitrogens is 1. The number of ether oxygens (including phenoxy) is 2. The van der Waals surface area contributed by atoms with Crippen LogP contribution in [-0.4, -0.2) is 95.2 Å². The van der Waals surface area contributed by atoms with Crippen LogP contribution in [0.15, 0.2) is 60.8 Å². The third-order valence-corrected chi connectivity index (χ3v) is 10.8. The topological polar surface area (TPSA) is 231 Å². The number of fused-ring (bicyclic) bond motifs is 1. The lowest BCUT2D eigenvalue weighted by molar-refractivity contribution is -0.151. The molecule has 328 valence electrons. The zero-order valence-corrected chi connectivity index (χ0v) is 35.5. The van der Waals surface area contributed by atoms with Crippen molar-refractivity contribution in [1.82, 2.24) is 26.3 Å². The van der Waals surface area contributed by atoms with Gasteiger partial charge in [-0.15, -0.1) is 0 Å². The van der Waals surface area contributed by atoms with Crippen molar-refractivity contribution in [3.63, 3.8) is 0 Å². The van der Waals surface area contributed by atoms with Crippen molar-refractivity contribution in [2.75, 3.05) is 7.11 Å². The van der Waals surface area contributed by atoms with E-state index in [2.05, 4.69) is 26.3 Å². The van der Waals surface area contributed by atoms with Crippen molar-refractivity contribution in [2.24, 2.45) is 17.6 Å². The number of benzene rings is 2. The molecule has 1 fully saturated rings. The van der Waals surface area contributed by atoms with Gasteiger partial charge in [-0.2, -0.15) is 0 Å². The van der Waals surface area contributed by atoms with Gasteiger partial charge >= 0.3 is 11.9 Å². The summed E-state index contributed by atoms with van der Waals surface area (Å²) < 4.78 is 10.6. The number of aliphatic hydroxyl groups excluding tert-OH is 1. The molecule has 4 rings (SSSR count). The number of aliphatic hydroxyl groups is 1. The summed E-state index contributed by atoms with van der Waals surface area (Å²) in [6.07, 6.45) is 4.57. The molecule has 1 saturated carbocycles. The van der Waals surface area contributed by atoms with Gasteiger partial charge in [0.1, 0.15) is 24.2 Å². The fourth-order valence-corrected chi connectivity index (χ4v) is 7.52. The second-order valence-electron chi connectivity index (χ2n) is 16.6. The smallest absolute Gasteiger partial charge is 0.328 e. The van der Waals surface area contributed by atoms with Crippen LogP contribution in [0.4, 0.5) is 0 Å². The maximum atomic E-state index is 13.8. The number of carbonyl (C=O) groups excluding carboxylic acids is 6. The average Bonchev–Trinajstić information content (AvgIpc) is 3.63. The molecule has 8 N–H and O–H groups in total. The number of aromatic amines is 1. The minimum Gasteiger partial charge on any atom is -0.467 e. The van der Waals surface area contributed by atoms with E-state index in [4.69, 9.17) is 15.2 Å². The van der Waals surface area contributed by atoms with Gasteiger partial charge in [-0.1, -0.05) is 82.6 Å². The molecule has 4 amide bonds. The van der Waals surface area contributed by atoms with Gasteiger partial charge in [0.15, 0.2) is 0 Å². The monoisotopic (exact) mass is 832 g/mol. The SMILES string of the molecule is COC(=O)[C@H](Cc1ccccc1)NC(=O)[C@H](CCC(=O)OC1CCCCC1)NC(=O)C[C@H](O)[C@H](CC(C)C)NC(=O)[C@@H](NC(=O)[C@@H](N)Cc1c[nH]c2ccccc12)C(C)C. The van der Waals surface area contributed by atoms with E-state index in [9.17, 15) is 33.9 Å². The second kappa shape index (κ2) is 23.5. The molecule has 0 aliphatic heterocycles. The molecule has 1 heterocycles. The molecule has 15 nitrogen and oxygen atoms in total. The minimum atomic E-state index is -1.40. The largest absolute Gasteiger partial charge is 0.467 e. The summed E-state index contributed by atoms with van der Waals surface area (Å²) >= 11 is 0. The van der Waals surface area contributed by atoms with Gasteiger partial charge < -0.3 is 46.6 Å². The van der Waals surface area contributed by atoms with E-state index in [1.165, 1.54) is 7.11 Å². The van der Waals surface area contributed by atoms with Gasteiger partial charge in [-0.25, -0.2) is 4.79 Å². The average molecular weight is 833 g/mol. The highest BCUT2D eigenvalue weighted by molar-refractivity contribution is 5.92. The quantitative estimate of drug-likeness (QED) is 0.0729. The van der Waals surface area contributed by atoms with Crippen LogP contribution in [0.25, 0.3) is 10.9 Å². The van der Waals surface area contributed by atoms with E-state index >= 15 is 0 Å². The molecule has 6 atom stereocenters. The first-order valence-electron chi connectivity index (χ1n) is 21.1. The second-order valence-corrected chi connectivity index (χ2v) is 16.6. The minimum absolute atomic E-state index is 0.0155. The highest BCUT2D eigenvalue weighted by atomic mass is 16.5. The maximum Gasteiger partial charge on any atom is 0.328 e.